The number of hydrogen-bond acceptors (Lipinski definition) is 9. The molecule has 0 saturated carbocycles. The van der Waals surface area contributed by atoms with E-state index < -0.39 is 31.1 Å². The van der Waals surface area contributed by atoms with Crippen molar-refractivity contribution in [1.82, 2.24) is 5.32 Å². The van der Waals surface area contributed by atoms with Gasteiger partial charge in [0.15, 0.2) is 5.71 Å². The zero-order valence-corrected chi connectivity index (χ0v) is 29.4. The third-order valence-corrected chi connectivity index (χ3v) is 10.7. The van der Waals surface area contributed by atoms with Crippen molar-refractivity contribution >= 4 is 43.2 Å². The Balaban J connectivity index is 1.56. The number of amides is 1. The van der Waals surface area contributed by atoms with Crippen LogP contribution < -0.4 is 10.2 Å². The van der Waals surface area contributed by atoms with Crippen molar-refractivity contribution in [1.29, 1.82) is 0 Å². The van der Waals surface area contributed by atoms with E-state index in [1.54, 1.807) is 12.1 Å². The van der Waals surface area contributed by atoms with E-state index >= 15 is 0 Å². The number of nitrogens with one attached hydrogen (secondary N) is 1. The number of hydrogen-bond donors (Lipinski definition) is 1. The lowest BCUT2D eigenvalue weighted by Crippen LogP contribution is -2.28. The highest BCUT2D eigenvalue weighted by atomic mass is 32.2. The highest BCUT2D eigenvalue weighted by Gasteiger charge is 2.44. The normalized spacial score (nSPS) is 17.5. The number of carbonyl (C=O) groups is 1. The summed E-state index contributed by atoms with van der Waals surface area (Å²) in [5.74, 6) is -0.0639. The van der Waals surface area contributed by atoms with Crippen LogP contribution in [0.1, 0.15) is 70.9 Å². The molecule has 2 aromatic carbocycles. The SMILES string of the molecule is C[N+]1=C(/C=C/C=C2/N(CCCCCC(=O)NCCCN=[N+]=[N-])c3ccc(S(=O)(=O)[O-])cc3C2(C)C)C(C)(C)c2cc(S(=O)(=O)[O-])ccc21. The molecule has 13 nitrogen and oxygen atoms in total. The molecule has 0 bridgehead atoms. The van der Waals surface area contributed by atoms with Crippen LogP contribution in [0.5, 0.6) is 0 Å². The molecule has 0 aromatic heterocycles. The first-order valence-electron chi connectivity index (χ1n) is 15.7. The molecule has 0 aliphatic carbocycles. The molecule has 0 atom stereocenters. The summed E-state index contributed by atoms with van der Waals surface area (Å²) in [4.78, 5) is 16.4. The van der Waals surface area contributed by atoms with Gasteiger partial charge < -0.3 is 19.3 Å². The van der Waals surface area contributed by atoms with Crippen LogP contribution >= 0.6 is 0 Å². The van der Waals surface area contributed by atoms with Gasteiger partial charge in [0.2, 0.25) is 11.6 Å². The van der Waals surface area contributed by atoms with Gasteiger partial charge in [-0.3, -0.25) is 4.79 Å². The van der Waals surface area contributed by atoms with E-state index in [9.17, 15) is 30.7 Å². The van der Waals surface area contributed by atoms with Crippen molar-refractivity contribution in [3.63, 3.8) is 0 Å². The van der Waals surface area contributed by atoms with Gasteiger partial charge in [0.05, 0.1) is 15.2 Å². The molecular formula is C33H41N6O7S2-. The second-order valence-corrected chi connectivity index (χ2v) is 15.8. The van der Waals surface area contributed by atoms with Gasteiger partial charge in [-0.1, -0.05) is 31.5 Å². The van der Waals surface area contributed by atoms with Gasteiger partial charge in [-0.05, 0) is 80.6 Å². The van der Waals surface area contributed by atoms with Gasteiger partial charge in [0.25, 0.3) is 0 Å². The number of azide groups is 1. The van der Waals surface area contributed by atoms with Crippen molar-refractivity contribution in [2.45, 2.75) is 80.4 Å². The predicted molar refractivity (Wildman–Crippen MR) is 180 cm³/mol. The van der Waals surface area contributed by atoms with Crippen LogP contribution in [-0.4, -0.2) is 68.8 Å². The summed E-state index contributed by atoms with van der Waals surface area (Å²) in [7, 11) is -7.41. The fourth-order valence-electron chi connectivity index (χ4n) is 6.50. The molecule has 0 saturated heterocycles. The lowest BCUT2D eigenvalue weighted by molar-refractivity contribution is -0.401. The minimum atomic E-state index is -4.67. The first-order chi connectivity index (χ1) is 22.4. The molecule has 2 aromatic rings. The largest absolute Gasteiger partial charge is 0.744 e. The zero-order chi connectivity index (χ0) is 35.5. The maximum Gasteiger partial charge on any atom is 0.219 e. The molecule has 2 heterocycles. The van der Waals surface area contributed by atoms with Crippen LogP contribution in [0.15, 0.2) is 75.2 Å². The van der Waals surface area contributed by atoms with E-state index in [1.807, 2.05) is 57.5 Å². The molecule has 2 aliphatic heterocycles. The molecule has 2 aliphatic rings. The molecule has 15 heteroatoms. The Hall–Kier alpha value is -4.01. The Morgan fingerprint density at radius 3 is 2.25 bits per heavy atom. The summed E-state index contributed by atoms with van der Waals surface area (Å²) >= 11 is 0. The highest BCUT2D eigenvalue weighted by Crippen LogP contribution is 2.49. The number of allylic oxidation sites excluding steroid dienone is 4. The molecule has 48 heavy (non-hydrogen) atoms. The van der Waals surface area contributed by atoms with E-state index in [0.717, 1.165) is 41.2 Å². The van der Waals surface area contributed by atoms with Gasteiger partial charge in [-0.15, -0.1) is 0 Å². The smallest absolute Gasteiger partial charge is 0.219 e. The van der Waals surface area contributed by atoms with Crippen LogP contribution in [0, 0.1) is 0 Å². The molecule has 258 valence electrons. The molecule has 0 fully saturated rings. The Morgan fingerprint density at radius 1 is 0.958 bits per heavy atom. The third kappa shape index (κ3) is 7.82. The maximum absolute atomic E-state index is 12.2. The van der Waals surface area contributed by atoms with E-state index in [-0.39, 0.29) is 15.7 Å². The Morgan fingerprint density at radius 2 is 1.60 bits per heavy atom. The van der Waals surface area contributed by atoms with Gasteiger partial charge in [-0.2, -0.15) is 4.58 Å². The molecule has 0 unspecified atom stereocenters. The molecule has 1 N–H and O–H groups in total. The number of carbonyl (C=O) groups excluding carboxylic acids is 1. The monoisotopic (exact) mass is 697 g/mol. The van der Waals surface area contributed by atoms with Gasteiger partial charge in [-0.25, -0.2) is 16.8 Å². The van der Waals surface area contributed by atoms with E-state index in [4.69, 9.17) is 5.53 Å². The minimum Gasteiger partial charge on any atom is -0.744 e. The van der Waals surface area contributed by atoms with Gasteiger partial charge >= 0.3 is 0 Å². The molecule has 1 amide bonds. The van der Waals surface area contributed by atoms with Crippen LogP contribution in [-0.2, 0) is 35.9 Å². The average Bonchev–Trinajstić information content (AvgIpc) is 3.33. The van der Waals surface area contributed by atoms with Crippen molar-refractivity contribution in [2.24, 2.45) is 5.11 Å². The number of nitrogens with zero attached hydrogens (tertiary/aromatic N) is 5. The van der Waals surface area contributed by atoms with Crippen molar-refractivity contribution in [2.75, 3.05) is 31.6 Å². The van der Waals surface area contributed by atoms with E-state index in [0.29, 0.717) is 44.5 Å². The highest BCUT2D eigenvalue weighted by molar-refractivity contribution is 7.86. The summed E-state index contributed by atoms with van der Waals surface area (Å²) in [6, 6.07) is 8.82. The summed E-state index contributed by atoms with van der Waals surface area (Å²) in [5, 5.41) is 6.27. The quantitative estimate of drug-likeness (QED) is 0.0701. The third-order valence-electron chi connectivity index (χ3n) is 9.06. The lowest BCUT2D eigenvalue weighted by Gasteiger charge is -2.27. The van der Waals surface area contributed by atoms with E-state index in [2.05, 4.69) is 20.2 Å². The standard InChI is InChI=1S/C33H42N6O7S2/c1-32(2)25-21-23(47(41,42)43)14-16-27(25)38(5)29(32)11-9-12-30-33(3,4)26-22-24(48(44,45)46)15-17-28(26)39(30)20-8-6-7-13-31(40)35-18-10-19-36-37-34/h9,11-12,14-17,21-22H,6-8,10,13,18-20H2,1-5H3,(H2-,35,40,41,42,43,44,45,46)/p-1. The molecular weight excluding hydrogens is 657 g/mol. The van der Waals surface area contributed by atoms with Crippen molar-refractivity contribution in [3.8, 4) is 0 Å². The Labute approximate surface area is 282 Å². The minimum absolute atomic E-state index is 0.0639. The predicted octanol–water partition coefficient (Wildman–Crippen LogP) is 5.12. The number of fused-ring (bicyclic) bond motifs is 2. The fourth-order valence-corrected chi connectivity index (χ4v) is 7.49. The second kappa shape index (κ2) is 14.2. The Bertz CT molecular complexity index is 1960. The van der Waals surface area contributed by atoms with Crippen LogP contribution in [0.4, 0.5) is 11.4 Å². The number of benzene rings is 2. The summed E-state index contributed by atoms with van der Waals surface area (Å²) in [6.45, 7) is 9.22. The zero-order valence-electron chi connectivity index (χ0n) is 27.8. The number of unbranched alkanes of at least 4 members (excludes halogenated alkanes) is 2. The molecule has 4 rings (SSSR count). The van der Waals surface area contributed by atoms with Gasteiger partial charge in [0.1, 0.15) is 27.3 Å². The summed E-state index contributed by atoms with van der Waals surface area (Å²) < 4.78 is 72.8. The second-order valence-electron chi connectivity index (χ2n) is 13.0. The van der Waals surface area contributed by atoms with Gasteiger partial charge in [0, 0.05) is 65.5 Å². The number of anilines is 1. The lowest BCUT2D eigenvalue weighted by atomic mass is 9.81. The molecule has 0 radical (unpaired) electrons. The topological polar surface area (TPSA) is 199 Å². The number of rotatable bonds is 14. The molecule has 0 spiro atoms. The maximum atomic E-state index is 12.2. The first-order valence-corrected chi connectivity index (χ1v) is 18.5. The van der Waals surface area contributed by atoms with Crippen molar-refractivity contribution < 1.29 is 35.3 Å². The summed E-state index contributed by atoms with van der Waals surface area (Å²) in [6.07, 6.45) is 8.93. The Kier molecular flexibility index (Phi) is 10.9. The van der Waals surface area contributed by atoms with Crippen molar-refractivity contribution in [3.05, 3.63) is 81.9 Å². The summed E-state index contributed by atoms with van der Waals surface area (Å²) in [5.41, 5.74) is 11.9. The van der Waals surface area contributed by atoms with Crippen LogP contribution in [0.2, 0.25) is 0 Å². The van der Waals surface area contributed by atoms with E-state index in [1.165, 1.54) is 24.3 Å². The first kappa shape index (κ1) is 36.8. The fraction of sp³-hybridized carbons (Fsp3) is 0.455. The van der Waals surface area contributed by atoms with Crippen LogP contribution in [0.25, 0.3) is 10.4 Å². The van der Waals surface area contributed by atoms with Crippen LogP contribution in [0.3, 0.4) is 0 Å². The average molecular weight is 698 g/mol.